The first-order chi connectivity index (χ1) is 7.83. The van der Waals surface area contributed by atoms with Gasteiger partial charge in [0.05, 0.1) is 6.07 Å². The van der Waals surface area contributed by atoms with Gasteiger partial charge in [0.1, 0.15) is 0 Å². The third-order valence-corrected chi connectivity index (χ3v) is 3.13. The average molecular weight is 216 g/mol. The molecule has 2 heteroatoms. The van der Waals surface area contributed by atoms with E-state index in [1.54, 1.807) is 0 Å². The summed E-state index contributed by atoms with van der Waals surface area (Å²) in [4.78, 5) is 4.40. The second kappa shape index (κ2) is 7.00. The third-order valence-electron chi connectivity index (χ3n) is 3.13. The van der Waals surface area contributed by atoms with Gasteiger partial charge in [-0.1, -0.05) is 39.2 Å². The summed E-state index contributed by atoms with van der Waals surface area (Å²) < 4.78 is 0. The van der Waals surface area contributed by atoms with Crippen LogP contribution >= 0.6 is 0 Å². The summed E-state index contributed by atoms with van der Waals surface area (Å²) in [7, 11) is 0. The van der Waals surface area contributed by atoms with Gasteiger partial charge in [0.25, 0.3) is 0 Å². The summed E-state index contributed by atoms with van der Waals surface area (Å²) in [5.74, 6) is 0.885. The molecule has 2 unspecified atom stereocenters. The molecule has 1 rings (SSSR count). The Kier molecular flexibility index (Phi) is 5.56. The average Bonchev–Trinajstić information content (AvgIpc) is 2.35. The maximum atomic E-state index is 8.93. The van der Waals surface area contributed by atoms with E-state index in [4.69, 9.17) is 5.26 Å². The molecule has 0 aliphatic carbocycles. The Labute approximate surface area is 98.3 Å². The van der Waals surface area contributed by atoms with Gasteiger partial charge in [-0.2, -0.15) is 5.26 Å². The van der Waals surface area contributed by atoms with E-state index in [2.05, 4.69) is 24.9 Å². The summed E-state index contributed by atoms with van der Waals surface area (Å²) in [6.45, 7) is 4.40. The van der Waals surface area contributed by atoms with Crippen LogP contribution in [-0.4, -0.2) is 4.98 Å². The number of hydrogen-bond donors (Lipinski definition) is 0. The van der Waals surface area contributed by atoms with E-state index in [-0.39, 0.29) is 0 Å². The van der Waals surface area contributed by atoms with Crippen molar-refractivity contribution in [2.75, 3.05) is 0 Å². The van der Waals surface area contributed by atoms with Crippen LogP contribution in [0.3, 0.4) is 0 Å². The van der Waals surface area contributed by atoms with Crippen LogP contribution in [0.5, 0.6) is 0 Å². The van der Waals surface area contributed by atoms with Crippen LogP contribution in [0.15, 0.2) is 24.4 Å². The van der Waals surface area contributed by atoms with E-state index in [9.17, 15) is 0 Å². The predicted molar refractivity (Wildman–Crippen MR) is 65.9 cm³/mol. The molecule has 0 N–H and O–H groups in total. The summed E-state index contributed by atoms with van der Waals surface area (Å²) in [5, 5.41) is 8.93. The van der Waals surface area contributed by atoms with Gasteiger partial charge >= 0.3 is 0 Å². The van der Waals surface area contributed by atoms with E-state index in [0.717, 1.165) is 12.1 Å². The highest BCUT2D eigenvalue weighted by Gasteiger charge is 2.21. The highest BCUT2D eigenvalue weighted by Crippen LogP contribution is 2.31. The van der Waals surface area contributed by atoms with E-state index in [1.807, 2.05) is 24.4 Å². The minimum atomic E-state index is 0.302. The molecule has 2 nitrogen and oxygen atoms in total. The fourth-order valence-corrected chi connectivity index (χ4v) is 2.27. The summed E-state index contributed by atoms with van der Waals surface area (Å²) in [5.41, 5.74) is 1.07. The van der Waals surface area contributed by atoms with Crippen molar-refractivity contribution in [3.8, 4) is 6.07 Å². The molecule has 86 valence electrons. The molecule has 0 bridgehead atoms. The number of rotatable bonds is 6. The van der Waals surface area contributed by atoms with Crippen molar-refractivity contribution < 1.29 is 0 Å². The van der Waals surface area contributed by atoms with Crippen LogP contribution < -0.4 is 0 Å². The molecule has 0 aliphatic rings. The zero-order chi connectivity index (χ0) is 11.8. The van der Waals surface area contributed by atoms with Crippen LogP contribution in [0, 0.1) is 17.2 Å². The predicted octanol–water partition coefficient (Wildman–Crippen LogP) is 3.91. The van der Waals surface area contributed by atoms with Crippen LogP contribution in [0.2, 0.25) is 0 Å². The first kappa shape index (κ1) is 12.7. The van der Waals surface area contributed by atoms with Crippen LogP contribution in [0.4, 0.5) is 0 Å². The molecule has 0 aliphatic heterocycles. The fourth-order valence-electron chi connectivity index (χ4n) is 2.27. The Morgan fingerprint density at radius 2 is 2.19 bits per heavy atom. The second-order valence-electron chi connectivity index (χ2n) is 4.18. The molecule has 0 saturated carbocycles. The van der Waals surface area contributed by atoms with Crippen molar-refractivity contribution in [1.82, 2.24) is 4.98 Å². The molecule has 0 radical (unpaired) electrons. The lowest BCUT2D eigenvalue weighted by Gasteiger charge is -2.23. The minimum absolute atomic E-state index is 0.302. The first-order valence-electron chi connectivity index (χ1n) is 6.11. The van der Waals surface area contributed by atoms with Gasteiger partial charge in [-0.3, -0.25) is 4.98 Å². The van der Waals surface area contributed by atoms with E-state index < -0.39 is 0 Å². The monoisotopic (exact) mass is 216 g/mol. The van der Waals surface area contributed by atoms with Crippen molar-refractivity contribution in [3.63, 3.8) is 0 Å². The molecule has 1 heterocycles. The lowest BCUT2D eigenvalue weighted by atomic mass is 9.82. The SMILES string of the molecule is CCCC(CC)C(CC#N)c1ccccn1. The lowest BCUT2D eigenvalue weighted by Crippen LogP contribution is -2.13. The third kappa shape index (κ3) is 3.34. The smallest absolute Gasteiger partial charge is 0.0628 e. The number of pyridine rings is 1. The van der Waals surface area contributed by atoms with Crippen molar-refractivity contribution >= 4 is 0 Å². The summed E-state index contributed by atoms with van der Waals surface area (Å²) >= 11 is 0. The minimum Gasteiger partial charge on any atom is -0.261 e. The van der Waals surface area contributed by atoms with Crippen LogP contribution in [0.25, 0.3) is 0 Å². The molecule has 16 heavy (non-hydrogen) atoms. The first-order valence-corrected chi connectivity index (χ1v) is 6.11. The maximum absolute atomic E-state index is 8.93. The Balaban J connectivity index is 2.85. The molecule has 0 aromatic carbocycles. The standard InChI is InChI=1S/C14H20N2/c1-3-7-12(4-2)13(9-10-15)14-8-5-6-11-16-14/h5-6,8,11-13H,3-4,7,9H2,1-2H3. The number of nitrogens with zero attached hydrogens (tertiary/aromatic N) is 2. The van der Waals surface area contributed by atoms with Crippen molar-refractivity contribution in [1.29, 1.82) is 5.26 Å². The lowest BCUT2D eigenvalue weighted by molar-refractivity contribution is 0.376. The van der Waals surface area contributed by atoms with E-state index in [1.165, 1.54) is 12.8 Å². The van der Waals surface area contributed by atoms with Gasteiger partial charge in [0.2, 0.25) is 0 Å². The Morgan fingerprint density at radius 1 is 1.38 bits per heavy atom. The van der Waals surface area contributed by atoms with Crippen molar-refractivity contribution in [2.24, 2.45) is 5.92 Å². The Morgan fingerprint density at radius 3 is 2.69 bits per heavy atom. The van der Waals surface area contributed by atoms with E-state index >= 15 is 0 Å². The Bertz CT molecular complexity index is 326. The van der Waals surface area contributed by atoms with Crippen molar-refractivity contribution in [3.05, 3.63) is 30.1 Å². The number of aromatic nitrogens is 1. The van der Waals surface area contributed by atoms with E-state index in [0.29, 0.717) is 18.3 Å². The maximum Gasteiger partial charge on any atom is 0.0628 e. The normalized spacial score (nSPS) is 14.1. The summed E-state index contributed by atoms with van der Waals surface area (Å²) in [6.07, 6.45) is 5.87. The van der Waals surface area contributed by atoms with Gasteiger partial charge in [-0.05, 0) is 18.1 Å². The van der Waals surface area contributed by atoms with Gasteiger partial charge in [0, 0.05) is 24.2 Å². The van der Waals surface area contributed by atoms with Gasteiger partial charge in [-0.15, -0.1) is 0 Å². The van der Waals surface area contributed by atoms with Gasteiger partial charge in [0.15, 0.2) is 0 Å². The van der Waals surface area contributed by atoms with Crippen LogP contribution in [0.1, 0.15) is 51.1 Å². The topological polar surface area (TPSA) is 36.7 Å². The molecule has 1 aromatic rings. The molecule has 1 aromatic heterocycles. The molecule has 0 spiro atoms. The molecule has 0 amide bonds. The second-order valence-corrected chi connectivity index (χ2v) is 4.18. The fraction of sp³-hybridized carbons (Fsp3) is 0.571. The zero-order valence-corrected chi connectivity index (χ0v) is 10.2. The molecular weight excluding hydrogens is 196 g/mol. The van der Waals surface area contributed by atoms with Crippen molar-refractivity contribution in [2.45, 2.75) is 45.4 Å². The van der Waals surface area contributed by atoms with Gasteiger partial charge < -0.3 is 0 Å². The highest BCUT2D eigenvalue weighted by molar-refractivity contribution is 5.12. The largest absolute Gasteiger partial charge is 0.261 e. The highest BCUT2D eigenvalue weighted by atomic mass is 14.7. The van der Waals surface area contributed by atoms with Gasteiger partial charge in [-0.25, -0.2) is 0 Å². The Hall–Kier alpha value is -1.36. The summed E-state index contributed by atoms with van der Waals surface area (Å²) in [6, 6.07) is 8.27. The molecule has 0 fully saturated rings. The van der Waals surface area contributed by atoms with Crippen LogP contribution in [-0.2, 0) is 0 Å². The molecule has 0 saturated heterocycles. The quantitative estimate of drug-likeness (QED) is 0.723. The number of nitriles is 1. The zero-order valence-electron chi connectivity index (χ0n) is 10.2. The molecular formula is C14H20N2. The molecule has 2 atom stereocenters. The number of hydrogen-bond acceptors (Lipinski definition) is 2.